The van der Waals surface area contributed by atoms with E-state index in [-0.39, 0.29) is 17.7 Å². The Kier molecular flexibility index (Phi) is 6.70. The zero-order chi connectivity index (χ0) is 23.5. The third kappa shape index (κ3) is 4.33. The number of hydrogen-bond acceptors (Lipinski definition) is 5. The number of hydrogen-bond donors (Lipinski definition) is 2. The van der Waals surface area contributed by atoms with E-state index in [0.29, 0.717) is 36.7 Å². The van der Waals surface area contributed by atoms with Gasteiger partial charge >= 0.3 is 0 Å². The lowest BCUT2D eigenvalue weighted by molar-refractivity contribution is 0.0723. The number of phenols is 1. The lowest BCUT2D eigenvalue weighted by Gasteiger charge is -2.26. The highest BCUT2D eigenvalue weighted by Crippen LogP contribution is 2.45. The van der Waals surface area contributed by atoms with Gasteiger partial charge in [0, 0.05) is 31.4 Å². The largest absolute Gasteiger partial charge is 0.507 e. The van der Waals surface area contributed by atoms with Gasteiger partial charge in [0.1, 0.15) is 22.9 Å². The maximum Gasteiger partial charge on any atom is 0.273 e. The minimum absolute atomic E-state index is 0.0972. The van der Waals surface area contributed by atoms with Crippen molar-refractivity contribution in [2.24, 2.45) is 0 Å². The predicted molar refractivity (Wildman–Crippen MR) is 127 cm³/mol. The second-order valence-corrected chi connectivity index (χ2v) is 8.50. The molecule has 1 aliphatic rings. The van der Waals surface area contributed by atoms with Crippen LogP contribution in [0.5, 0.6) is 11.5 Å². The molecular weight excluding hydrogens is 418 g/mol. The van der Waals surface area contributed by atoms with E-state index < -0.39 is 0 Å². The van der Waals surface area contributed by atoms with Crippen molar-refractivity contribution in [1.29, 1.82) is 0 Å². The van der Waals surface area contributed by atoms with Crippen molar-refractivity contribution in [3.8, 4) is 22.8 Å². The number of nitrogens with one attached hydrogen (secondary N) is 1. The average Bonchev–Trinajstić information content (AvgIpc) is 3.34. The number of carbonyl (C=O) groups is 1. The Morgan fingerprint density at radius 2 is 1.91 bits per heavy atom. The number of aromatic hydroxyl groups is 1. The smallest absolute Gasteiger partial charge is 0.273 e. The Balaban J connectivity index is 1.80. The van der Waals surface area contributed by atoms with E-state index in [1.54, 1.807) is 7.11 Å². The standard InChI is InChI=1S/C26H31N3O4/c1-5-12-33-19-9-7-18(8-10-19)24-21-22(20-15-16(2)14-17(3)25(20)30)27-28-23(21)26(31)29(24)11-6-13-32-4/h7-10,14-15,24,30H,5-6,11-13H2,1-4H3,(H,27,28). The molecule has 4 rings (SSSR count). The number of methoxy groups -OCH3 is 1. The summed E-state index contributed by atoms with van der Waals surface area (Å²) in [4.78, 5) is 15.2. The zero-order valence-corrected chi connectivity index (χ0v) is 19.6. The van der Waals surface area contributed by atoms with Crippen LogP contribution in [0.4, 0.5) is 0 Å². The maximum atomic E-state index is 13.4. The second-order valence-electron chi connectivity index (χ2n) is 8.50. The lowest BCUT2D eigenvalue weighted by Crippen LogP contribution is -2.31. The Morgan fingerprint density at radius 3 is 2.61 bits per heavy atom. The van der Waals surface area contributed by atoms with Gasteiger partial charge in [-0.25, -0.2) is 0 Å². The van der Waals surface area contributed by atoms with Gasteiger partial charge in [0.05, 0.1) is 12.6 Å². The first-order chi connectivity index (χ1) is 16.0. The van der Waals surface area contributed by atoms with Crippen molar-refractivity contribution >= 4 is 5.91 Å². The number of ether oxygens (including phenoxy) is 2. The molecule has 7 nitrogen and oxygen atoms in total. The minimum Gasteiger partial charge on any atom is -0.507 e. The van der Waals surface area contributed by atoms with Crippen LogP contribution < -0.4 is 4.74 Å². The van der Waals surface area contributed by atoms with Gasteiger partial charge in [-0.15, -0.1) is 0 Å². The lowest BCUT2D eigenvalue weighted by atomic mass is 9.94. The molecule has 0 saturated carbocycles. The molecule has 0 spiro atoms. The summed E-state index contributed by atoms with van der Waals surface area (Å²) in [5, 5.41) is 18.3. The van der Waals surface area contributed by atoms with Gasteiger partial charge in [-0.3, -0.25) is 9.89 Å². The first-order valence-electron chi connectivity index (χ1n) is 11.4. The number of carbonyl (C=O) groups excluding carboxylic acids is 1. The Morgan fingerprint density at radius 1 is 1.15 bits per heavy atom. The molecule has 0 saturated heterocycles. The molecule has 3 aromatic rings. The SMILES string of the molecule is CCCOc1ccc(C2c3c(-c4cc(C)cc(C)c4O)n[nH]c3C(=O)N2CCCOC)cc1. The Hall–Kier alpha value is -3.32. The summed E-state index contributed by atoms with van der Waals surface area (Å²) < 4.78 is 11.0. The van der Waals surface area contributed by atoms with Crippen molar-refractivity contribution < 1.29 is 19.4 Å². The third-order valence-corrected chi connectivity index (χ3v) is 5.98. The number of amides is 1. The fraction of sp³-hybridized carbons (Fsp3) is 0.385. The van der Waals surface area contributed by atoms with E-state index in [2.05, 4.69) is 17.1 Å². The fourth-order valence-corrected chi connectivity index (χ4v) is 4.47. The molecule has 0 radical (unpaired) electrons. The normalized spacial score (nSPS) is 15.2. The summed E-state index contributed by atoms with van der Waals surface area (Å²) in [7, 11) is 1.66. The molecule has 1 aliphatic heterocycles. The van der Waals surface area contributed by atoms with Gasteiger partial charge in [0.15, 0.2) is 0 Å². The average molecular weight is 450 g/mol. The van der Waals surface area contributed by atoms with E-state index in [1.807, 2.05) is 55.1 Å². The summed E-state index contributed by atoms with van der Waals surface area (Å²) in [6.07, 6.45) is 1.66. The number of H-pyrrole nitrogens is 1. The van der Waals surface area contributed by atoms with Gasteiger partial charge in [-0.2, -0.15) is 5.10 Å². The molecule has 2 heterocycles. The van der Waals surface area contributed by atoms with Crippen LogP contribution in [0.15, 0.2) is 36.4 Å². The van der Waals surface area contributed by atoms with Crippen molar-refractivity contribution in [2.75, 3.05) is 26.9 Å². The molecule has 1 atom stereocenters. The number of nitrogens with zero attached hydrogens (tertiary/aromatic N) is 2. The van der Waals surface area contributed by atoms with Crippen LogP contribution >= 0.6 is 0 Å². The molecule has 1 amide bonds. The van der Waals surface area contributed by atoms with E-state index >= 15 is 0 Å². The van der Waals surface area contributed by atoms with Crippen molar-refractivity contribution in [2.45, 2.75) is 39.7 Å². The van der Waals surface area contributed by atoms with E-state index in [0.717, 1.165) is 40.8 Å². The fourth-order valence-electron chi connectivity index (χ4n) is 4.47. The van der Waals surface area contributed by atoms with E-state index in [1.165, 1.54) is 0 Å². The molecule has 33 heavy (non-hydrogen) atoms. The molecule has 7 heteroatoms. The van der Waals surface area contributed by atoms with Crippen LogP contribution in [0.25, 0.3) is 11.3 Å². The van der Waals surface area contributed by atoms with Crippen LogP contribution in [0.1, 0.15) is 58.5 Å². The van der Waals surface area contributed by atoms with Crippen LogP contribution in [0.3, 0.4) is 0 Å². The van der Waals surface area contributed by atoms with Gasteiger partial charge in [0.25, 0.3) is 5.91 Å². The topological polar surface area (TPSA) is 87.7 Å². The van der Waals surface area contributed by atoms with Crippen molar-refractivity contribution in [1.82, 2.24) is 15.1 Å². The highest BCUT2D eigenvalue weighted by molar-refractivity contribution is 6.00. The maximum absolute atomic E-state index is 13.4. The molecule has 1 unspecified atom stereocenters. The predicted octanol–water partition coefficient (Wildman–Crippen LogP) is 4.77. The second kappa shape index (κ2) is 9.67. The molecule has 0 fully saturated rings. The van der Waals surface area contributed by atoms with Crippen LogP contribution in [-0.2, 0) is 4.74 Å². The summed E-state index contributed by atoms with van der Waals surface area (Å²) in [6, 6.07) is 11.4. The molecule has 0 bridgehead atoms. The van der Waals surface area contributed by atoms with Crippen LogP contribution in [0.2, 0.25) is 0 Å². The zero-order valence-electron chi connectivity index (χ0n) is 19.6. The molecule has 174 valence electrons. The highest BCUT2D eigenvalue weighted by Gasteiger charge is 2.42. The first kappa shape index (κ1) is 22.9. The molecule has 1 aromatic heterocycles. The molecular formula is C26H31N3O4. The summed E-state index contributed by atoms with van der Waals surface area (Å²) in [5.41, 5.74) is 5.26. The summed E-state index contributed by atoms with van der Waals surface area (Å²) in [5.74, 6) is 0.887. The van der Waals surface area contributed by atoms with Crippen molar-refractivity contribution in [3.05, 3.63) is 64.3 Å². The number of rotatable bonds is 9. The van der Waals surface area contributed by atoms with Crippen LogP contribution in [-0.4, -0.2) is 53.0 Å². The van der Waals surface area contributed by atoms with Gasteiger partial charge in [-0.1, -0.05) is 25.1 Å². The van der Waals surface area contributed by atoms with Gasteiger partial charge in [-0.05, 0) is 61.6 Å². The number of aromatic nitrogens is 2. The molecule has 0 aliphatic carbocycles. The number of benzene rings is 2. The third-order valence-electron chi connectivity index (χ3n) is 5.98. The quantitative estimate of drug-likeness (QED) is 0.460. The monoisotopic (exact) mass is 449 g/mol. The van der Waals surface area contributed by atoms with E-state index in [9.17, 15) is 9.90 Å². The number of aromatic amines is 1. The van der Waals surface area contributed by atoms with E-state index in [4.69, 9.17) is 9.47 Å². The highest BCUT2D eigenvalue weighted by atomic mass is 16.5. The number of phenolic OH excluding ortho intramolecular Hbond substituents is 1. The number of aryl methyl sites for hydroxylation is 2. The molecule has 2 N–H and O–H groups in total. The van der Waals surface area contributed by atoms with Gasteiger partial charge < -0.3 is 19.5 Å². The Labute approximate surface area is 194 Å². The summed E-state index contributed by atoms with van der Waals surface area (Å²) >= 11 is 0. The van der Waals surface area contributed by atoms with Gasteiger partial charge in [0.2, 0.25) is 0 Å². The van der Waals surface area contributed by atoms with Crippen LogP contribution in [0, 0.1) is 13.8 Å². The number of fused-ring (bicyclic) bond motifs is 1. The minimum atomic E-state index is -0.321. The summed E-state index contributed by atoms with van der Waals surface area (Å²) in [6.45, 7) is 7.70. The Bertz CT molecular complexity index is 1140. The van der Waals surface area contributed by atoms with Crippen molar-refractivity contribution in [3.63, 3.8) is 0 Å². The first-order valence-corrected chi connectivity index (χ1v) is 11.4. The molecule has 2 aromatic carbocycles.